The number of nitrogens with zero attached hydrogens (tertiary/aromatic N) is 3. The fourth-order valence-electron chi connectivity index (χ4n) is 5.01. The van der Waals surface area contributed by atoms with Crippen molar-refractivity contribution in [2.24, 2.45) is 5.92 Å². The van der Waals surface area contributed by atoms with Crippen LogP contribution in [0.5, 0.6) is 5.75 Å². The molecule has 0 bridgehead atoms. The molecule has 11 heteroatoms. The van der Waals surface area contributed by atoms with Gasteiger partial charge in [-0.05, 0) is 81.1 Å². The molecule has 1 saturated heterocycles. The zero-order chi connectivity index (χ0) is 30.6. The normalized spacial score (nSPS) is 14.1. The summed E-state index contributed by atoms with van der Waals surface area (Å²) >= 11 is 0. The molecule has 1 aliphatic rings. The number of anilines is 2. The van der Waals surface area contributed by atoms with Crippen molar-refractivity contribution in [3.05, 3.63) is 83.4 Å². The van der Waals surface area contributed by atoms with E-state index in [1.165, 1.54) is 49.2 Å². The Hall–Kier alpha value is -4.22. The van der Waals surface area contributed by atoms with Gasteiger partial charge >= 0.3 is 5.97 Å². The summed E-state index contributed by atoms with van der Waals surface area (Å²) in [5, 5.41) is 19.7. The van der Waals surface area contributed by atoms with Crippen molar-refractivity contribution >= 4 is 39.1 Å². The number of carbonyl (C=O) groups excluding carboxylic acids is 2. The summed E-state index contributed by atoms with van der Waals surface area (Å²) in [6, 6.07) is 17.7. The van der Waals surface area contributed by atoms with Crippen LogP contribution in [-0.4, -0.2) is 73.8 Å². The Balaban J connectivity index is 1.52. The number of Topliss-reactive ketones (excluding diaryl/α,β-unsaturated/α-hetero) is 1. The standard InChI is InChI=1S/C31H35N3O7S/c1-21-4-11-27(12-5-21)42(40,41)32(3)20-30(37)34(26-10-13-28(31(38)39)29(36)18-26)19-23-14-16-33(17-15-23)25-8-6-24(7-9-25)22(2)35/h4-13,18,23,36H,14-17,19-20H2,1-3H3,(H,38,39). The second-order valence-electron chi connectivity index (χ2n) is 10.6. The van der Waals surface area contributed by atoms with E-state index in [1.807, 2.05) is 19.1 Å². The summed E-state index contributed by atoms with van der Waals surface area (Å²) < 4.78 is 27.3. The van der Waals surface area contributed by atoms with E-state index >= 15 is 0 Å². The monoisotopic (exact) mass is 593 g/mol. The number of piperidine rings is 1. The van der Waals surface area contributed by atoms with Crippen LogP contribution in [0.25, 0.3) is 0 Å². The molecule has 0 radical (unpaired) electrons. The van der Waals surface area contributed by atoms with E-state index in [0.29, 0.717) is 5.56 Å². The Bertz CT molecular complexity index is 1560. The molecule has 1 amide bonds. The molecular formula is C31H35N3O7S. The molecule has 0 spiro atoms. The van der Waals surface area contributed by atoms with Gasteiger partial charge in [-0.3, -0.25) is 9.59 Å². The van der Waals surface area contributed by atoms with Gasteiger partial charge in [0.1, 0.15) is 11.3 Å². The first-order chi connectivity index (χ1) is 19.9. The van der Waals surface area contributed by atoms with E-state index < -0.39 is 34.2 Å². The second kappa shape index (κ2) is 12.7. The SMILES string of the molecule is CC(=O)c1ccc(N2CCC(CN(C(=O)CN(C)S(=O)(=O)c3ccc(C)cc3)c3ccc(C(=O)O)c(O)c3)CC2)cc1. The summed E-state index contributed by atoms with van der Waals surface area (Å²) in [6.45, 7) is 4.63. The Kier molecular flexibility index (Phi) is 9.33. The third-order valence-corrected chi connectivity index (χ3v) is 9.42. The van der Waals surface area contributed by atoms with Crippen LogP contribution in [0, 0.1) is 12.8 Å². The summed E-state index contributed by atoms with van der Waals surface area (Å²) in [7, 11) is -2.60. The van der Waals surface area contributed by atoms with E-state index in [4.69, 9.17) is 0 Å². The number of sulfonamides is 1. The summed E-state index contributed by atoms with van der Waals surface area (Å²) in [5.41, 5.74) is 2.54. The van der Waals surface area contributed by atoms with Gasteiger partial charge in [-0.15, -0.1) is 0 Å². The van der Waals surface area contributed by atoms with E-state index in [1.54, 1.807) is 24.3 Å². The highest BCUT2D eigenvalue weighted by Crippen LogP contribution is 2.29. The zero-order valence-corrected chi connectivity index (χ0v) is 24.7. The number of aromatic carboxylic acids is 1. The van der Waals surface area contributed by atoms with Gasteiger partial charge in [0.05, 0.1) is 11.4 Å². The molecule has 1 fully saturated rings. The highest BCUT2D eigenvalue weighted by atomic mass is 32.2. The molecule has 3 aromatic carbocycles. The lowest BCUT2D eigenvalue weighted by Crippen LogP contribution is -2.45. The number of ketones is 1. The molecule has 1 heterocycles. The van der Waals surface area contributed by atoms with E-state index in [-0.39, 0.29) is 34.4 Å². The molecule has 2 N–H and O–H groups in total. The molecule has 0 atom stereocenters. The van der Waals surface area contributed by atoms with E-state index in [2.05, 4.69) is 4.90 Å². The van der Waals surface area contributed by atoms with Gasteiger partial charge in [-0.2, -0.15) is 4.31 Å². The van der Waals surface area contributed by atoms with Crippen LogP contribution in [-0.2, 0) is 14.8 Å². The van der Waals surface area contributed by atoms with Crippen LogP contribution in [0.15, 0.2) is 71.6 Å². The third-order valence-electron chi connectivity index (χ3n) is 7.61. The molecule has 1 aliphatic heterocycles. The van der Waals surface area contributed by atoms with Crippen LogP contribution < -0.4 is 9.80 Å². The maximum atomic E-state index is 13.6. The average molecular weight is 594 g/mol. The largest absolute Gasteiger partial charge is 0.507 e. The summed E-state index contributed by atoms with van der Waals surface area (Å²) in [6.07, 6.45) is 1.49. The molecule has 0 aliphatic carbocycles. The van der Waals surface area contributed by atoms with E-state index in [0.717, 1.165) is 41.5 Å². The Morgan fingerprint density at radius 1 is 0.952 bits per heavy atom. The van der Waals surface area contributed by atoms with Gasteiger partial charge in [0.15, 0.2) is 5.78 Å². The van der Waals surface area contributed by atoms with Crippen LogP contribution >= 0.6 is 0 Å². The number of likely N-dealkylation sites (N-methyl/N-ethyl adjacent to an activating group) is 1. The molecule has 3 aromatic rings. The van der Waals surface area contributed by atoms with Crippen molar-refractivity contribution < 1.29 is 33.0 Å². The van der Waals surface area contributed by atoms with E-state index in [9.17, 15) is 33.0 Å². The van der Waals surface area contributed by atoms with Crippen molar-refractivity contribution in [2.45, 2.75) is 31.6 Å². The number of aryl methyl sites for hydroxylation is 1. The Morgan fingerprint density at radius 2 is 1.57 bits per heavy atom. The third kappa shape index (κ3) is 6.97. The van der Waals surface area contributed by atoms with Gasteiger partial charge < -0.3 is 20.0 Å². The molecule has 4 rings (SSSR count). The maximum absolute atomic E-state index is 13.6. The minimum Gasteiger partial charge on any atom is -0.507 e. The predicted octanol–water partition coefficient (Wildman–Crippen LogP) is 4.17. The molecule has 0 aromatic heterocycles. The second-order valence-corrected chi connectivity index (χ2v) is 12.7. The van der Waals surface area contributed by atoms with Crippen LogP contribution in [0.1, 0.15) is 46.0 Å². The quantitative estimate of drug-likeness (QED) is 0.335. The van der Waals surface area contributed by atoms with Crippen molar-refractivity contribution in [1.82, 2.24) is 4.31 Å². The van der Waals surface area contributed by atoms with Gasteiger partial charge in [0.2, 0.25) is 15.9 Å². The number of carboxylic acid groups (broad SMARTS) is 1. The van der Waals surface area contributed by atoms with Crippen molar-refractivity contribution in [2.75, 3.05) is 43.0 Å². The number of amides is 1. The number of benzene rings is 3. The minimum absolute atomic E-state index is 0.00440. The number of aromatic hydroxyl groups is 1. The fraction of sp³-hybridized carbons (Fsp3) is 0.323. The summed E-state index contributed by atoms with van der Waals surface area (Å²) in [5.74, 6) is -2.21. The van der Waals surface area contributed by atoms with Crippen molar-refractivity contribution in [1.29, 1.82) is 0 Å². The average Bonchev–Trinajstić information content (AvgIpc) is 2.96. The van der Waals surface area contributed by atoms with Crippen molar-refractivity contribution in [3.63, 3.8) is 0 Å². The lowest BCUT2D eigenvalue weighted by Gasteiger charge is -2.36. The lowest BCUT2D eigenvalue weighted by molar-refractivity contribution is -0.118. The number of rotatable bonds is 10. The summed E-state index contributed by atoms with van der Waals surface area (Å²) in [4.78, 5) is 40.4. The Morgan fingerprint density at radius 3 is 2.12 bits per heavy atom. The number of hydrogen-bond donors (Lipinski definition) is 2. The first-order valence-electron chi connectivity index (χ1n) is 13.6. The molecule has 0 saturated carbocycles. The maximum Gasteiger partial charge on any atom is 0.339 e. The number of carboxylic acids is 1. The molecular weight excluding hydrogens is 558 g/mol. The number of carbonyl (C=O) groups is 3. The van der Waals surface area contributed by atoms with Gasteiger partial charge in [0.25, 0.3) is 0 Å². The Labute approximate surface area is 245 Å². The smallest absolute Gasteiger partial charge is 0.339 e. The van der Waals surface area contributed by atoms with Crippen LogP contribution in [0.3, 0.4) is 0 Å². The molecule has 10 nitrogen and oxygen atoms in total. The van der Waals surface area contributed by atoms with Crippen molar-refractivity contribution in [3.8, 4) is 5.75 Å². The topological polar surface area (TPSA) is 136 Å². The molecule has 0 unspecified atom stereocenters. The van der Waals surface area contributed by atoms with Crippen LogP contribution in [0.4, 0.5) is 11.4 Å². The highest BCUT2D eigenvalue weighted by Gasteiger charge is 2.29. The van der Waals surface area contributed by atoms with Gasteiger partial charge in [-0.25, -0.2) is 13.2 Å². The lowest BCUT2D eigenvalue weighted by atomic mass is 9.95. The molecule has 222 valence electrons. The number of hydrogen-bond acceptors (Lipinski definition) is 7. The van der Waals surface area contributed by atoms with Crippen LogP contribution in [0.2, 0.25) is 0 Å². The van der Waals surface area contributed by atoms with Gasteiger partial charge in [0, 0.05) is 49.7 Å². The fourth-order valence-corrected chi connectivity index (χ4v) is 6.13. The highest BCUT2D eigenvalue weighted by molar-refractivity contribution is 7.89. The molecule has 42 heavy (non-hydrogen) atoms. The number of phenols is 1. The van der Waals surface area contributed by atoms with Gasteiger partial charge in [-0.1, -0.05) is 17.7 Å². The first-order valence-corrected chi connectivity index (χ1v) is 15.1. The minimum atomic E-state index is -3.94. The predicted molar refractivity (Wildman–Crippen MR) is 160 cm³/mol. The first kappa shape index (κ1) is 30.7. The zero-order valence-electron chi connectivity index (χ0n) is 23.9.